The number of rotatable bonds is 6. The van der Waals surface area contributed by atoms with Crippen molar-refractivity contribution >= 4 is 21.6 Å². The minimum atomic E-state index is -3.63. The number of methoxy groups -OCH3 is 1. The molecule has 21 heavy (non-hydrogen) atoms. The number of hydrogen-bond donors (Lipinski definition) is 0. The van der Waals surface area contributed by atoms with E-state index in [0.717, 1.165) is 16.7 Å². The lowest BCUT2D eigenvalue weighted by atomic mass is 9.97. The molecule has 0 unspecified atom stereocenters. The molecular weight excluding hydrogens is 292 g/mol. The largest absolute Gasteiger partial charge is 0.469 e. The summed E-state index contributed by atoms with van der Waals surface area (Å²) < 4.78 is 28.2. The van der Waals surface area contributed by atoms with Crippen LogP contribution in [0.2, 0.25) is 0 Å². The van der Waals surface area contributed by atoms with Crippen LogP contribution in [0.1, 0.15) is 33.5 Å². The molecule has 0 fully saturated rings. The topological polar surface area (TPSA) is 77.5 Å². The Morgan fingerprint density at radius 2 is 1.62 bits per heavy atom. The summed E-state index contributed by atoms with van der Waals surface area (Å²) in [6.45, 7) is 5.49. The van der Waals surface area contributed by atoms with Crippen LogP contribution >= 0.6 is 0 Å². The summed E-state index contributed by atoms with van der Waals surface area (Å²) >= 11 is 0. The summed E-state index contributed by atoms with van der Waals surface area (Å²) in [4.78, 5) is 23.2. The zero-order valence-electron chi connectivity index (χ0n) is 12.7. The van der Waals surface area contributed by atoms with E-state index < -0.39 is 27.3 Å². The molecule has 0 saturated carbocycles. The van der Waals surface area contributed by atoms with Gasteiger partial charge in [0.15, 0.2) is 15.6 Å². The van der Waals surface area contributed by atoms with E-state index >= 15 is 0 Å². The Hall–Kier alpha value is -1.69. The number of Topliss-reactive ketones (excluding diaryl/α,β-unsaturated/α-hetero) is 1. The van der Waals surface area contributed by atoms with Gasteiger partial charge < -0.3 is 4.74 Å². The van der Waals surface area contributed by atoms with E-state index in [0.29, 0.717) is 5.56 Å². The standard InChI is InChI=1S/C15H20O5S/c1-10-7-11(2)15(12(3)8-10)13(16)9-21(18,19)6-5-14(17)20-4/h7-8H,5-6,9H2,1-4H3. The van der Waals surface area contributed by atoms with Gasteiger partial charge in [-0.05, 0) is 31.9 Å². The average Bonchev–Trinajstić information content (AvgIpc) is 2.34. The van der Waals surface area contributed by atoms with E-state index in [2.05, 4.69) is 4.74 Å². The lowest BCUT2D eigenvalue weighted by Gasteiger charge is -2.10. The van der Waals surface area contributed by atoms with Gasteiger partial charge in [0.1, 0.15) is 5.75 Å². The zero-order chi connectivity index (χ0) is 16.2. The molecule has 0 aliphatic rings. The Kier molecular flexibility index (Phi) is 5.66. The average molecular weight is 312 g/mol. The molecule has 116 valence electrons. The Balaban J connectivity index is 2.89. The molecule has 0 amide bonds. The summed E-state index contributed by atoms with van der Waals surface area (Å²) in [6, 6.07) is 3.70. The third-order valence-electron chi connectivity index (χ3n) is 3.15. The molecule has 1 aromatic rings. The van der Waals surface area contributed by atoms with Crippen LogP contribution in [0.3, 0.4) is 0 Å². The van der Waals surface area contributed by atoms with Gasteiger partial charge in [-0.1, -0.05) is 17.7 Å². The van der Waals surface area contributed by atoms with Crippen molar-refractivity contribution in [1.82, 2.24) is 0 Å². The zero-order valence-corrected chi connectivity index (χ0v) is 13.5. The number of sulfone groups is 1. The molecule has 0 bridgehead atoms. The lowest BCUT2D eigenvalue weighted by molar-refractivity contribution is -0.140. The first-order valence-electron chi connectivity index (χ1n) is 6.54. The van der Waals surface area contributed by atoms with Crippen molar-refractivity contribution in [1.29, 1.82) is 0 Å². The molecule has 0 heterocycles. The second kappa shape index (κ2) is 6.85. The van der Waals surface area contributed by atoms with Crippen molar-refractivity contribution in [3.63, 3.8) is 0 Å². The van der Waals surface area contributed by atoms with Gasteiger partial charge >= 0.3 is 5.97 Å². The van der Waals surface area contributed by atoms with E-state index in [1.807, 2.05) is 19.1 Å². The number of aryl methyl sites for hydroxylation is 3. The number of esters is 1. The fraction of sp³-hybridized carbons (Fsp3) is 0.467. The fourth-order valence-corrected chi connectivity index (χ4v) is 3.47. The highest BCUT2D eigenvalue weighted by atomic mass is 32.2. The second-order valence-electron chi connectivity index (χ2n) is 5.12. The van der Waals surface area contributed by atoms with Gasteiger partial charge in [0.25, 0.3) is 0 Å². The van der Waals surface area contributed by atoms with E-state index in [1.54, 1.807) is 13.8 Å². The Labute approximate surface area is 125 Å². The SMILES string of the molecule is COC(=O)CCS(=O)(=O)CC(=O)c1c(C)cc(C)cc1C. The van der Waals surface area contributed by atoms with E-state index in [4.69, 9.17) is 0 Å². The molecule has 0 aliphatic carbocycles. The van der Waals surface area contributed by atoms with Crippen molar-refractivity contribution in [3.05, 3.63) is 34.4 Å². The highest BCUT2D eigenvalue weighted by Gasteiger charge is 2.22. The Morgan fingerprint density at radius 3 is 2.10 bits per heavy atom. The number of ketones is 1. The van der Waals surface area contributed by atoms with Gasteiger partial charge in [-0.3, -0.25) is 9.59 Å². The van der Waals surface area contributed by atoms with Gasteiger partial charge in [-0.2, -0.15) is 0 Å². The number of ether oxygens (including phenoxy) is 1. The van der Waals surface area contributed by atoms with Crippen LogP contribution in [0, 0.1) is 20.8 Å². The number of carbonyl (C=O) groups is 2. The van der Waals surface area contributed by atoms with Gasteiger partial charge in [0.05, 0.1) is 19.3 Å². The minimum Gasteiger partial charge on any atom is -0.469 e. The number of carbonyl (C=O) groups excluding carboxylic acids is 2. The van der Waals surface area contributed by atoms with Gasteiger partial charge in [0, 0.05) is 5.56 Å². The highest BCUT2D eigenvalue weighted by Crippen LogP contribution is 2.18. The molecule has 0 N–H and O–H groups in total. The van der Waals surface area contributed by atoms with Crippen LogP contribution in [-0.4, -0.2) is 38.8 Å². The summed E-state index contributed by atoms with van der Waals surface area (Å²) in [7, 11) is -2.43. The number of hydrogen-bond acceptors (Lipinski definition) is 5. The fourth-order valence-electron chi connectivity index (χ4n) is 2.30. The van der Waals surface area contributed by atoms with Crippen molar-refractivity contribution < 1.29 is 22.7 Å². The lowest BCUT2D eigenvalue weighted by Crippen LogP contribution is -2.22. The maximum Gasteiger partial charge on any atom is 0.306 e. The van der Waals surface area contributed by atoms with Crippen LogP contribution in [0.25, 0.3) is 0 Å². The van der Waals surface area contributed by atoms with Crippen LogP contribution in [-0.2, 0) is 19.4 Å². The molecule has 0 saturated heterocycles. The monoisotopic (exact) mass is 312 g/mol. The van der Waals surface area contributed by atoms with Crippen molar-refractivity contribution in [2.75, 3.05) is 18.6 Å². The maximum atomic E-state index is 12.2. The third kappa shape index (κ3) is 4.97. The third-order valence-corrected chi connectivity index (χ3v) is 4.68. The predicted molar refractivity (Wildman–Crippen MR) is 80.3 cm³/mol. The van der Waals surface area contributed by atoms with Crippen molar-refractivity contribution in [2.24, 2.45) is 0 Å². The minimum absolute atomic E-state index is 0.238. The Morgan fingerprint density at radius 1 is 1.10 bits per heavy atom. The molecule has 0 aliphatic heterocycles. The maximum absolute atomic E-state index is 12.2. The molecule has 6 heteroatoms. The number of benzene rings is 1. The van der Waals surface area contributed by atoms with E-state index in [9.17, 15) is 18.0 Å². The van der Waals surface area contributed by atoms with Gasteiger partial charge in [0.2, 0.25) is 0 Å². The molecule has 1 rings (SSSR count). The Bertz CT molecular complexity index is 636. The van der Waals surface area contributed by atoms with Crippen LogP contribution in [0.15, 0.2) is 12.1 Å². The van der Waals surface area contributed by atoms with E-state index in [-0.39, 0.29) is 12.2 Å². The van der Waals surface area contributed by atoms with Crippen LogP contribution < -0.4 is 0 Å². The first kappa shape index (κ1) is 17.4. The molecule has 0 atom stereocenters. The molecule has 5 nitrogen and oxygen atoms in total. The predicted octanol–water partition coefficient (Wildman–Crippen LogP) is 1.77. The molecule has 0 radical (unpaired) electrons. The molecule has 1 aromatic carbocycles. The first-order chi connectivity index (χ1) is 9.66. The molecule has 0 aromatic heterocycles. The quantitative estimate of drug-likeness (QED) is 0.591. The van der Waals surface area contributed by atoms with Gasteiger partial charge in [-0.25, -0.2) is 8.42 Å². The smallest absolute Gasteiger partial charge is 0.306 e. The normalized spacial score (nSPS) is 11.2. The highest BCUT2D eigenvalue weighted by molar-refractivity contribution is 7.92. The van der Waals surface area contributed by atoms with E-state index in [1.165, 1.54) is 7.11 Å². The van der Waals surface area contributed by atoms with Gasteiger partial charge in [-0.15, -0.1) is 0 Å². The molecule has 0 spiro atoms. The van der Waals surface area contributed by atoms with Crippen LogP contribution in [0.4, 0.5) is 0 Å². The van der Waals surface area contributed by atoms with Crippen molar-refractivity contribution in [2.45, 2.75) is 27.2 Å². The van der Waals surface area contributed by atoms with Crippen LogP contribution in [0.5, 0.6) is 0 Å². The molecular formula is C15H20O5S. The summed E-state index contributed by atoms with van der Waals surface area (Å²) in [5.41, 5.74) is 3.00. The van der Waals surface area contributed by atoms with Crippen molar-refractivity contribution in [3.8, 4) is 0 Å². The first-order valence-corrected chi connectivity index (χ1v) is 8.36. The second-order valence-corrected chi connectivity index (χ2v) is 7.30. The summed E-state index contributed by atoms with van der Waals surface area (Å²) in [5, 5.41) is 0. The summed E-state index contributed by atoms with van der Waals surface area (Å²) in [6.07, 6.45) is -0.238. The summed E-state index contributed by atoms with van der Waals surface area (Å²) in [5.74, 6) is -2.01.